The Morgan fingerprint density at radius 1 is 1.22 bits per heavy atom. The fourth-order valence-electron chi connectivity index (χ4n) is 4.20. The lowest BCUT2D eigenvalue weighted by Crippen LogP contribution is -2.22. The molecule has 2 aromatic heterocycles. The maximum atomic E-state index is 13.8. The lowest BCUT2D eigenvalue weighted by molar-refractivity contribution is -0.111. The monoisotopic (exact) mass is 484 g/mol. The quantitative estimate of drug-likeness (QED) is 0.365. The number of halogens is 1. The first-order chi connectivity index (χ1) is 17.5. The van der Waals surface area contributed by atoms with Crippen molar-refractivity contribution >= 4 is 34.1 Å². The molecule has 1 amide bonds. The van der Waals surface area contributed by atoms with E-state index in [0.717, 1.165) is 36.7 Å². The number of anilines is 3. The molecule has 5 rings (SSSR count). The number of likely N-dealkylation sites (N-methyl/N-ethyl adjacent to an activating group) is 1. The van der Waals surface area contributed by atoms with Crippen molar-refractivity contribution < 1.29 is 13.9 Å². The van der Waals surface area contributed by atoms with Crippen molar-refractivity contribution in [3.8, 4) is 16.9 Å². The Kier molecular flexibility index (Phi) is 6.55. The summed E-state index contributed by atoms with van der Waals surface area (Å²) in [6.07, 6.45) is 6.64. The topological polar surface area (TPSA) is 92.3 Å². The molecule has 2 aromatic carbocycles. The predicted octanol–water partition coefficient (Wildman–Crippen LogP) is 4.78. The second kappa shape index (κ2) is 10.1. The summed E-state index contributed by atoms with van der Waals surface area (Å²) in [6.45, 7) is 5.32. The number of para-hydroxylation sites is 1. The summed E-state index contributed by atoms with van der Waals surface area (Å²) in [6, 6.07) is 12.5. The second-order valence-corrected chi connectivity index (χ2v) is 8.65. The fourth-order valence-corrected chi connectivity index (χ4v) is 4.20. The molecule has 9 heteroatoms. The molecule has 1 aliphatic heterocycles. The number of likely N-dealkylation sites (tertiary alicyclic amines) is 1. The average Bonchev–Trinajstić information content (AvgIpc) is 3.29. The van der Waals surface area contributed by atoms with Crippen LogP contribution < -0.4 is 15.4 Å². The smallest absolute Gasteiger partial charge is 0.247 e. The third-order valence-electron chi connectivity index (χ3n) is 5.95. The van der Waals surface area contributed by atoms with Gasteiger partial charge in [-0.25, -0.2) is 14.4 Å². The van der Waals surface area contributed by atoms with E-state index in [1.165, 1.54) is 12.1 Å². The van der Waals surface area contributed by atoms with Crippen LogP contribution in [0.1, 0.15) is 6.42 Å². The van der Waals surface area contributed by atoms with Gasteiger partial charge in [-0.3, -0.25) is 9.78 Å². The van der Waals surface area contributed by atoms with Crippen LogP contribution in [-0.2, 0) is 4.79 Å². The summed E-state index contributed by atoms with van der Waals surface area (Å²) in [5.41, 5.74) is 3.21. The maximum absolute atomic E-state index is 13.8. The van der Waals surface area contributed by atoms with Crippen molar-refractivity contribution in [1.29, 1.82) is 0 Å². The highest BCUT2D eigenvalue weighted by Crippen LogP contribution is 2.32. The minimum atomic E-state index is -0.419. The van der Waals surface area contributed by atoms with E-state index < -0.39 is 5.82 Å². The molecule has 8 nitrogen and oxygen atoms in total. The van der Waals surface area contributed by atoms with Crippen LogP contribution in [0.4, 0.5) is 21.7 Å². The van der Waals surface area contributed by atoms with E-state index >= 15 is 0 Å². The van der Waals surface area contributed by atoms with Gasteiger partial charge >= 0.3 is 0 Å². The van der Waals surface area contributed by atoms with Crippen molar-refractivity contribution in [2.24, 2.45) is 0 Å². The third-order valence-corrected chi connectivity index (χ3v) is 5.95. The Bertz CT molecular complexity index is 1440. The van der Waals surface area contributed by atoms with E-state index in [2.05, 4.69) is 44.1 Å². The van der Waals surface area contributed by atoms with Gasteiger partial charge in [-0.1, -0.05) is 24.8 Å². The molecule has 0 aliphatic carbocycles. The summed E-state index contributed by atoms with van der Waals surface area (Å²) in [7, 11) is 2.05. The van der Waals surface area contributed by atoms with Crippen LogP contribution in [0, 0.1) is 5.82 Å². The molecule has 0 saturated carbocycles. The number of hydrogen-bond donors (Lipinski definition) is 2. The lowest BCUT2D eigenvalue weighted by Gasteiger charge is -2.18. The summed E-state index contributed by atoms with van der Waals surface area (Å²) >= 11 is 0. The zero-order valence-electron chi connectivity index (χ0n) is 19.7. The van der Waals surface area contributed by atoms with Crippen LogP contribution in [0.5, 0.6) is 5.75 Å². The van der Waals surface area contributed by atoms with Crippen LogP contribution in [-0.4, -0.2) is 52.0 Å². The molecule has 182 valence electrons. The van der Waals surface area contributed by atoms with Crippen molar-refractivity contribution in [2.75, 3.05) is 30.8 Å². The number of nitrogens with one attached hydrogen (secondary N) is 2. The van der Waals surface area contributed by atoms with Crippen molar-refractivity contribution in [3.63, 3.8) is 0 Å². The number of rotatable bonds is 7. The fraction of sp³-hybridized carbons (Fsp3) is 0.185. The van der Waals surface area contributed by atoms with Gasteiger partial charge in [-0.05, 0) is 43.8 Å². The van der Waals surface area contributed by atoms with Crippen molar-refractivity contribution in [2.45, 2.75) is 12.5 Å². The van der Waals surface area contributed by atoms with E-state index in [1.54, 1.807) is 18.5 Å². The van der Waals surface area contributed by atoms with E-state index in [0.29, 0.717) is 34.2 Å². The molecule has 0 bridgehead atoms. The Morgan fingerprint density at radius 2 is 2.11 bits per heavy atom. The van der Waals surface area contributed by atoms with Crippen molar-refractivity contribution in [1.82, 2.24) is 19.9 Å². The van der Waals surface area contributed by atoms with Gasteiger partial charge in [0.05, 0.1) is 17.4 Å². The first-order valence-corrected chi connectivity index (χ1v) is 11.5. The minimum Gasteiger partial charge on any atom is -0.487 e. The largest absolute Gasteiger partial charge is 0.487 e. The maximum Gasteiger partial charge on any atom is 0.247 e. The third kappa shape index (κ3) is 5.16. The highest BCUT2D eigenvalue weighted by molar-refractivity contribution is 6.00. The molecule has 0 radical (unpaired) electrons. The number of nitrogens with zero attached hydrogens (tertiary/aromatic N) is 4. The van der Waals surface area contributed by atoms with Crippen LogP contribution >= 0.6 is 0 Å². The van der Waals surface area contributed by atoms with Crippen LogP contribution in [0.2, 0.25) is 0 Å². The molecule has 1 saturated heterocycles. The number of carbonyl (C=O) groups is 1. The van der Waals surface area contributed by atoms with Gasteiger partial charge in [0.25, 0.3) is 0 Å². The van der Waals surface area contributed by atoms with E-state index in [1.807, 2.05) is 30.3 Å². The van der Waals surface area contributed by atoms with Gasteiger partial charge in [0.15, 0.2) is 0 Å². The predicted molar refractivity (Wildman–Crippen MR) is 138 cm³/mol. The van der Waals surface area contributed by atoms with Gasteiger partial charge in [0.2, 0.25) is 11.9 Å². The molecule has 1 unspecified atom stereocenters. The highest BCUT2D eigenvalue weighted by atomic mass is 19.1. The first kappa shape index (κ1) is 23.4. The SMILES string of the molecule is C=CC(=O)Nc1cc(Nc2ncc3cccc(-c4cncc(F)c4)c3n2)ccc1OC1CCN(C)C1. The Morgan fingerprint density at radius 3 is 2.89 bits per heavy atom. The van der Waals surface area contributed by atoms with Crippen LogP contribution in [0.15, 0.2) is 73.7 Å². The Hall–Kier alpha value is -4.37. The minimum absolute atomic E-state index is 0.0488. The zero-order valence-corrected chi connectivity index (χ0v) is 19.7. The molecule has 1 aliphatic rings. The standard InChI is InChI=1S/C27H25FN6O2/c1-3-25(35)32-23-12-20(7-8-24(23)36-21-9-10-34(2)16-21)31-27-30-14-17-5-4-6-22(26(17)33-27)18-11-19(28)15-29-13-18/h3-8,11-15,21H,1,9-10,16H2,2H3,(H,32,35)(H,30,31,33). The summed E-state index contributed by atoms with van der Waals surface area (Å²) in [5.74, 6) is 0.177. The molecule has 1 atom stereocenters. The second-order valence-electron chi connectivity index (χ2n) is 8.65. The zero-order chi connectivity index (χ0) is 25.1. The summed E-state index contributed by atoms with van der Waals surface area (Å²) in [5, 5.41) is 6.82. The molecule has 3 heterocycles. The van der Waals surface area contributed by atoms with Gasteiger partial charge in [0, 0.05) is 47.7 Å². The molecule has 1 fully saturated rings. The Labute approximate surface area is 207 Å². The van der Waals surface area contributed by atoms with Crippen LogP contribution in [0.25, 0.3) is 22.0 Å². The normalized spacial score (nSPS) is 15.6. The molecular weight excluding hydrogens is 459 g/mol. The van der Waals surface area contributed by atoms with E-state index in [9.17, 15) is 9.18 Å². The molecule has 36 heavy (non-hydrogen) atoms. The number of benzene rings is 2. The number of amides is 1. The Balaban J connectivity index is 1.45. The first-order valence-electron chi connectivity index (χ1n) is 11.5. The van der Waals surface area contributed by atoms with Crippen LogP contribution in [0.3, 0.4) is 0 Å². The molecule has 4 aromatic rings. The highest BCUT2D eigenvalue weighted by Gasteiger charge is 2.22. The van der Waals surface area contributed by atoms with Crippen molar-refractivity contribution in [3.05, 3.63) is 79.5 Å². The summed E-state index contributed by atoms with van der Waals surface area (Å²) < 4.78 is 20.0. The number of fused-ring (bicyclic) bond motifs is 1. The number of hydrogen-bond acceptors (Lipinski definition) is 7. The molecule has 0 spiro atoms. The van der Waals surface area contributed by atoms with Gasteiger partial charge in [-0.15, -0.1) is 0 Å². The number of aromatic nitrogens is 3. The van der Waals surface area contributed by atoms with Gasteiger partial charge in [-0.2, -0.15) is 0 Å². The number of pyridine rings is 1. The molecule has 2 N–H and O–H groups in total. The van der Waals surface area contributed by atoms with Gasteiger partial charge < -0.3 is 20.3 Å². The number of carbonyl (C=O) groups excluding carboxylic acids is 1. The van der Waals surface area contributed by atoms with E-state index in [4.69, 9.17) is 4.74 Å². The average molecular weight is 485 g/mol. The molecular formula is C27H25FN6O2. The van der Waals surface area contributed by atoms with Gasteiger partial charge in [0.1, 0.15) is 17.7 Å². The number of ether oxygens (including phenoxy) is 1. The van der Waals surface area contributed by atoms with E-state index in [-0.39, 0.29) is 12.0 Å². The summed E-state index contributed by atoms with van der Waals surface area (Å²) in [4.78, 5) is 27.3. The lowest BCUT2D eigenvalue weighted by atomic mass is 10.0.